The summed E-state index contributed by atoms with van der Waals surface area (Å²) < 4.78 is 10.5. The van der Waals surface area contributed by atoms with Gasteiger partial charge in [-0.1, -0.05) is 66.7 Å². The van der Waals surface area contributed by atoms with E-state index in [9.17, 15) is 14.4 Å². The van der Waals surface area contributed by atoms with Gasteiger partial charge in [0.05, 0.1) is 18.6 Å². The van der Waals surface area contributed by atoms with E-state index in [1.165, 1.54) is 0 Å². The minimum Gasteiger partial charge on any atom is -0.466 e. The maximum absolute atomic E-state index is 12.9. The fourth-order valence-corrected chi connectivity index (χ4v) is 4.73. The number of esters is 1. The van der Waals surface area contributed by atoms with Crippen LogP contribution >= 0.6 is 0 Å². The molecule has 7 nitrogen and oxygen atoms in total. The molecule has 4 aromatic carbocycles. The molecule has 0 fully saturated rings. The minimum atomic E-state index is -0.590. The highest BCUT2D eigenvalue weighted by atomic mass is 16.6. The zero-order valence-corrected chi connectivity index (χ0v) is 23.2. The quantitative estimate of drug-likeness (QED) is 0.252. The van der Waals surface area contributed by atoms with E-state index in [1.807, 2.05) is 99.6 Å². The zero-order chi connectivity index (χ0) is 28.9. The normalized spacial score (nSPS) is 11.2. The Balaban J connectivity index is 1.84. The van der Waals surface area contributed by atoms with Gasteiger partial charge in [0.25, 0.3) is 0 Å². The molecule has 0 aromatic heterocycles. The minimum absolute atomic E-state index is 0.0657. The second kappa shape index (κ2) is 12.0. The van der Waals surface area contributed by atoms with Gasteiger partial charge in [0.15, 0.2) is 0 Å². The van der Waals surface area contributed by atoms with Gasteiger partial charge in [0, 0.05) is 6.54 Å². The third-order valence-corrected chi connectivity index (χ3v) is 6.31. The lowest BCUT2D eigenvalue weighted by Crippen LogP contribution is -2.32. The first-order valence-corrected chi connectivity index (χ1v) is 13.2. The molecule has 3 N–H and O–H groups in total. The Kier molecular flexibility index (Phi) is 8.53. The summed E-state index contributed by atoms with van der Waals surface area (Å²) in [7, 11) is 0. The number of hydrogen-bond donors (Lipinski definition) is 2. The van der Waals surface area contributed by atoms with E-state index in [4.69, 9.17) is 15.2 Å². The highest BCUT2D eigenvalue weighted by Crippen LogP contribution is 2.39. The average molecular weight is 539 g/mol. The number of primary amides is 1. The Labute approximate surface area is 234 Å². The molecular weight excluding hydrogens is 504 g/mol. The van der Waals surface area contributed by atoms with Crippen molar-refractivity contribution in [1.82, 2.24) is 5.32 Å². The summed E-state index contributed by atoms with van der Waals surface area (Å²) in [5.74, 6) is -0.902. The van der Waals surface area contributed by atoms with Crippen molar-refractivity contribution in [3.63, 3.8) is 0 Å². The molecule has 0 unspecified atom stereocenters. The van der Waals surface area contributed by atoms with E-state index < -0.39 is 17.6 Å². The summed E-state index contributed by atoms with van der Waals surface area (Å²) in [5, 5.41) is 4.38. The van der Waals surface area contributed by atoms with Crippen molar-refractivity contribution in [2.24, 2.45) is 5.73 Å². The Morgan fingerprint density at radius 3 is 2.23 bits per heavy atom. The summed E-state index contributed by atoms with van der Waals surface area (Å²) in [4.78, 5) is 37.5. The number of carbonyl (C=O) groups excluding carboxylic acids is 3. The number of rotatable bonds is 8. The smallest absolute Gasteiger partial charge is 0.407 e. The average Bonchev–Trinajstić information content (AvgIpc) is 2.90. The molecule has 0 spiro atoms. The number of carbonyl (C=O) groups is 3. The van der Waals surface area contributed by atoms with Crippen LogP contribution in [0.25, 0.3) is 33.0 Å². The molecule has 0 saturated carbocycles. The largest absolute Gasteiger partial charge is 0.466 e. The van der Waals surface area contributed by atoms with Gasteiger partial charge < -0.3 is 20.5 Å². The van der Waals surface area contributed by atoms with Gasteiger partial charge in [0.1, 0.15) is 5.60 Å². The molecule has 2 amide bonds. The lowest BCUT2D eigenvalue weighted by molar-refractivity contribution is -0.142. The molecule has 0 aliphatic carbocycles. The number of nitrogens with one attached hydrogen (secondary N) is 1. The van der Waals surface area contributed by atoms with Crippen LogP contribution in [-0.4, -0.2) is 30.2 Å². The highest BCUT2D eigenvalue weighted by molar-refractivity contribution is 6.15. The number of alkyl carbamates (subject to hydrolysis) is 1. The first-order valence-electron chi connectivity index (χ1n) is 13.2. The number of hydrogen-bond acceptors (Lipinski definition) is 5. The molecule has 0 heterocycles. The molecule has 0 atom stereocenters. The molecule has 0 radical (unpaired) electrons. The van der Waals surface area contributed by atoms with Crippen LogP contribution in [0.5, 0.6) is 0 Å². The van der Waals surface area contributed by atoms with E-state index in [1.54, 1.807) is 6.92 Å². The fraction of sp³-hybridized carbons (Fsp3) is 0.242. The van der Waals surface area contributed by atoms with Crippen LogP contribution in [0.15, 0.2) is 78.9 Å². The van der Waals surface area contributed by atoms with Gasteiger partial charge in [-0.15, -0.1) is 0 Å². The second-order valence-electron chi connectivity index (χ2n) is 10.5. The van der Waals surface area contributed by atoms with E-state index in [-0.39, 0.29) is 25.5 Å². The predicted molar refractivity (Wildman–Crippen MR) is 157 cm³/mol. The summed E-state index contributed by atoms with van der Waals surface area (Å²) in [6, 6.07) is 24.9. The van der Waals surface area contributed by atoms with Crippen LogP contribution in [0, 0.1) is 0 Å². The van der Waals surface area contributed by atoms with Gasteiger partial charge in [-0.3, -0.25) is 9.59 Å². The van der Waals surface area contributed by atoms with Crippen LogP contribution in [-0.2, 0) is 27.2 Å². The van der Waals surface area contributed by atoms with Crippen LogP contribution in [0.4, 0.5) is 4.79 Å². The van der Waals surface area contributed by atoms with Crippen LogP contribution in [0.3, 0.4) is 0 Å². The number of nitrogens with two attached hydrogens (primary N) is 1. The van der Waals surface area contributed by atoms with Gasteiger partial charge >= 0.3 is 12.1 Å². The molecule has 0 bridgehead atoms. The van der Waals surface area contributed by atoms with E-state index >= 15 is 0 Å². The molecule has 0 saturated heterocycles. The van der Waals surface area contributed by atoms with Gasteiger partial charge in [-0.05, 0) is 84.0 Å². The van der Waals surface area contributed by atoms with Gasteiger partial charge in [0.2, 0.25) is 5.91 Å². The van der Waals surface area contributed by atoms with Crippen molar-refractivity contribution in [2.75, 3.05) is 6.61 Å². The number of amides is 2. The van der Waals surface area contributed by atoms with Crippen molar-refractivity contribution in [3.8, 4) is 22.3 Å². The lowest BCUT2D eigenvalue weighted by Gasteiger charge is -2.20. The monoisotopic (exact) mass is 538 g/mol. The Morgan fingerprint density at radius 2 is 1.52 bits per heavy atom. The molecule has 0 aliphatic heterocycles. The molecule has 40 heavy (non-hydrogen) atoms. The molecule has 206 valence electrons. The summed E-state index contributed by atoms with van der Waals surface area (Å²) >= 11 is 0. The van der Waals surface area contributed by atoms with E-state index in [0.29, 0.717) is 16.5 Å². The summed E-state index contributed by atoms with van der Waals surface area (Å²) in [5.41, 5.74) is 10.5. The van der Waals surface area contributed by atoms with Crippen LogP contribution < -0.4 is 11.1 Å². The van der Waals surface area contributed by atoms with Crippen LogP contribution in [0.2, 0.25) is 0 Å². The van der Waals surface area contributed by atoms with Crippen molar-refractivity contribution in [1.29, 1.82) is 0 Å². The molecular formula is C33H34N2O5. The summed E-state index contributed by atoms with van der Waals surface area (Å²) in [6.07, 6.45) is -0.425. The van der Waals surface area contributed by atoms with E-state index in [0.717, 1.165) is 33.2 Å². The van der Waals surface area contributed by atoms with Gasteiger partial charge in [-0.2, -0.15) is 0 Å². The third-order valence-electron chi connectivity index (χ3n) is 6.31. The van der Waals surface area contributed by atoms with Crippen molar-refractivity contribution in [3.05, 3.63) is 95.6 Å². The van der Waals surface area contributed by atoms with Crippen LogP contribution in [0.1, 0.15) is 49.2 Å². The van der Waals surface area contributed by atoms with Gasteiger partial charge in [-0.25, -0.2) is 4.79 Å². The Morgan fingerprint density at radius 1 is 0.825 bits per heavy atom. The zero-order valence-electron chi connectivity index (χ0n) is 23.2. The topological polar surface area (TPSA) is 108 Å². The molecule has 4 aromatic rings. The number of benzene rings is 4. The van der Waals surface area contributed by atoms with Crippen molar-refractivity contribution in [2.45, 2.75) is 46.3 Å². The number of ether oxygens (including phenoxy) is 2. The second-order valence-corrected chi connectivity index (χ2v) is 10.5. The first kappa shape index (κ1) is 28.4. The van der Waals surface area contributed by atoms with Crippen molar-refractivity contribution >= 4 is 28.7 Å². The SMILES string of the molecule is CCOC(=O)Cc1ccccc1-c1cc(-c2cccc(CNC(=O)OC(C)(C)C)c2)c2ccccc2c1C(N)=O. The molecule has 7 heteroatoms. The maximum atomic E-state index is 12.9. The van der Waals surface area contributed by atoms with Crippen molar-refractivity contribution < 1.29 is 23.9 Å². The molecule has 0 aliphatic rings. The maximum Gasteiger partial charge on any atom is 0.407 e. The third kappa shape index (κ3) is 6.67. The summed E-state index contributed by atoms with van der Waals surface area (Å²) in [6.45, 7) is 7.79. The molecule has 4 rings (SSSR count). The van der Waals surface area contributed by atoms with E-state index in [2.05, 4.69) is 5.32 Å². The Hall–Kier alpha value is -4.65. The Bertz CT molecular complexity index is 1570. The predicted octanol–water partition coefficient (Wildman–Crippen LogP) is 6.40. The fourth-order valence-electron chi connectivity index (χ4n) is 4.73. The highest BCUT2D eigenvalue weighted by Gasteiger charge is 2.21. The standard InChI is InChI=1S/C33H34N2O5/c1-5-39-29(36)18-23-12-6-7-14-24(23)28-19-27(25-15-8-9-16-26(25)30(28)31(34)37)22-13-10-11-21(17-22)20-35-32(38)40-33(2,3)4/h6-17,19H,5,18,20H2,1-4H3,(H2,34,37)(H,35,38). The first-order chi connectivity index (χ1) is 19.1. The lowest BCUT2D eigenvalue weighted by atomic mass is 9.86. The number of fused-ring (bicyclic) bond motifs is 1.